The Balaban J connectivity index is 3.16. The summed E-state index contributed by atoms with van der Waals surface area (Å²) in [6.07, 6.45) is 31.0. The summed E-state index contributed by atoms with van der Waals surface area (Å²) in [6, 6.07) is 0. The zero-order chi connectivity index (χ0) is 18.4. The van der Waals surface area contributed by atoms with E-state index in [0.29, 0.717) is 0 Å². The van der Waals surface area contributed by atoms with Crippen LogP contribution < -0.4 is 0 Å². The van der Waals surface area contributed by atoms with Crippen molar-refractivity contribution < 1.29 is 0 Å². The SMILES string of the molecule is C=CCC(CC=C)CCCCCCCCCCCCCCCCCC. The molecule has 25 heavy (non-hydrogen) atoms. The van der Waals surface area contributed by atoms with E-state index in [1.54, 1.807) is 0 Å². The molecule has 148 valence electrons. The molecule has 0 saturated carbocycles. The second kappa shape index (κ2) is 21.5. The van der Waals surface area contributed by atoms with Gasteiger partial charge in [-0.15, -0.1) is 13.2 Å². The number of allylic oxidation sites excluding steroid dienone is 2. The van der Waals surface area contributed by atoms with Crippen LogP contribution in [0.25, 0.3) is 0 Å². The highest BCUT2D eigenvalue weighted by Crippen LogP contribution is 2.19. The third kappa shape index (κ3) is 19.7. The van der Waals surface area contributed by atoms with Gasteiger partial charge in [0.1, 0.15) is 0 Å². The van der Waals surface area contributed by atoms with Gasteiger partial charge in [0, 0.05) is 0 Å². The Morgan fingerprint density at radius 1 is 0.520 bits per heavy atom. The Morgan fingerprint density at radius 2 is 0.840 bits per heavy atom. The van der Waals surface area contributed by atoms with E-state index in [1.165, 1.54) is 109 Å². The molecule has 0 aliphatic rings. The summed E-state index contributed by atoms with van der Waals surface area (Å²) >= 11 is 0. The van der Waals surface area contributed by atoms with Crippen molar-refractivity contribution in [3.63, 3.8) is 0 Å². The lowest BCUT2D eigenvalue weighted by Crippen LogP contribution is -1.97. The van der Waals surface area contributed by atoms with Gasteiger partial charge in [-0.25, -0.2) is 0 Å². The van der Waals surface area contributed by atoms with E-state index in [1.807, 2.05) is 0 Å². The Labute approximate surface area is 160 Å². The number of rotatable bonds is 21. The summed E-state index contributed by atoms with van der Waals surface area (Å²) in [5.41, 5.74) is 0. The standard InChI is InChI=1S/C25H48/c1-4-7-8-9-10-11-12-13-14-15-16-17-18-19-20-21-24-25(22-5-2)23-6-3/h5-6,25H,2-4,7-24H2,1H3. The first kappa shape index (κ1) is 24.5. The smallest absolute Gasteiger partial charge is 0.0322 e. The maximum atomic E-state index is 3.87. The molecule has 0 fully saturated rings. The lowest BCUT2D eigenvalue weighted by atomic mass is 9.94. The van der Waals surface area contributed by atoms with Crippen LogP contribution in [0.3, 0.4) is 0 Å². The van der Waals surface area contributed by atoms with E-state index in [-0.39, 0.29) is 0 Å². The normalized spacial score (nSPS) is 11.1. The lowest BCUT2D eigenvalue weighted by molar-refractivity contribution is 0.456. The first-order chi connectivity index (χ1) is 12.3. The molecule has 0 atom stereocenters. The van der Waals surface area contributed by atoms with Crippen molar-refractivity contribution in [2.75, 3.05) is 0 Å². The van der Waals surface area contributed by atoms with Gasteiger partial charge >= 0.3 is 0 Å². The molecule has 0 radical (unpaired) electrons. The molecular formula is C25H48. The lowest BCUT2D eigenvalue weighted by Gasteiger charge is -2.12. The van der Waals surface area contributed by atoms with Gasteiger partial charge in [0.25, 0.3) is 0 Å². The van der Waals surface area contributed by atoms with Crippen LogP contribution >= 0.6 is 0 Å². The number of hydrogen-bond donors (Lipinski definition) is 0. The molecule has 0 aromatic rings. The van der Waals surface area contributed by atoms with Gasteiger partial charge in [-0.1, -0.05) is 122 Å². The minimum absolute atomic E-state index is 0.793. The van der Waals surface area contributed by atoms with Gasteiger partial charge in [0.05, 0.1) is 0 Å². The number of hydrogen-bond acceptors (Lipinski definition) is 0. The third-order valence-electron chi connectivity index (χ3n) is 5.47. The Morgan fingerprint density at radius 3 is 1.16 bits per heavy atom. The van der Waals surface area contributed by atoms with Crippen LogP contribution in [-0.2, 0) is 0 Å². The zero-order valence-corrected chi connectivity index (χ0v) is 17.6. The maximum Gasteiger partial charge on any atom is -0.0322 e. The van der Waals surface area contributed by atoms with E-state index in [0.717, 1.165) is 18.8 Å². The second-order valence-corrected chi connectivity index (χ2v) is 8.01. The van der Waals surface area contributed by atoms with E-state index in [9.17, 15) is 0 Å². The molecule has 0 aliphatic heterocycles. The molecule has 0 spiro atoms. The molecule has 0 saturated heterocycles. The van der Waals surface area contributed by atoms with E-state index >= 15 is 0 Å². The van der Waals surface area contributed by atoms with Crippen LogP contribution in [-0.4, -0.2) is 0 Å². The van der Waals surface area contributed by atoms with Gasteiger partial charge in [0.15, 0.2) is 0 Å². The predicted molar refractivity (Wildman–Crippen MR) is 117 cm³/mol. The largest absolute Gasteiger partial charge is 0.103 e. The molecule has 0 aliphatic carbocycles. The fraction of sp³-hybridized carbons (Fsp3) is 0.840. The maximum absolute atomic E-state index is 3.87. The minimum Gasteiger partial charge on any atom is -0.103 e. The van der Waals surface area contributed by atoms with Crippen molar-refractivity contribution in [2.45, 2.75) is 129 Å². The Kier molecular flexibility index (Phi) is 21.1. The first-order valence-electron chi connectivity index (χ1n) is 11.6. The molecule has 0 bridgehead atoms. The van der Waals surface area contributed by atoms with Gasteiger partial charge in [-0.3, -0.25) is 0 Å². The molecule has 0 amide bonds. The molecule has 0 heterocycles. The zero-order valence-electron chi connectivity index (χ0n) is 17.6. The van der Waals surface area contributed by atoms with Crippen molar-refractivity contribution in [1.29, 1.82) is 0 Å². The average molecular weight is 349 g/mol. The molecule has 0 heteroatoms. The first-order valence-corrected chi connectivity index (χ1v) is 11.6. The number of unbranched alkanes of at least 4 members (excludes halogenated alkanes) is 15. The highest BCUT2D eigenvalue weighted by molar-refractivity contribution is 4.79. The predicted octanol–water partition coefficient (Wildman–Crippen LogP) is 9.41. The topological polar surface area (TPSA) is 0 Å². The van der Waals surface area contributed by atoms with Crippen LogP contribution in [0.2, 0.25) is 0 Å². The monoisotopic (exact) mass is 348 g/mol. The van der Waals surface area contributed by atoms with Crippen LogP contribution in [0.15, 0.2) is 25.3 Å². The Hall–Kier alpha value is -0.520. The van der Waals surface area contributed by atoms with E-state index in [2.05, 4.69) is 32.2 Å². The molecule has 0 aromatic carbocycles. The molecule has 0 nitrogen and oxygen atoms in total. The van der Waals surface area contributed by atoms with Crippen molar-refractivity contribution in [3.05, 3.63) is 25.3 Å². The fourth-order valence-electron chi connectivity index (χ4n) is 3.78. The van der Waals surface area contributed by atoms with Gasteiger partial charge in [-0.05, 0) is 25.2 Å². The van der Waals surface area contributed by atoms with Crippen molar-refractivity contribution in [2.24, 2.45) is 5.92 Å². The summed E-state index contributed by atoms with van der Waals surface area (Å²) in [5.74, 6) is 0.793. The van der Waals surface area contributed by atoms with E-state index in [4.69, 9.17) is 0 Å². The van der Waals surface area contributed by atoms with Crippen molar-refractivity contribution in [3.8, 4) is 0 Å². The highest BCUT2D eigenvalue weighted by Gasteiger charge is 2.04. The van der Waals surface area contributed by atoms with Crippen LogP contribution in [0.1, 0.15) is 129 Å². The highest BCUT2D eigenvalue weighted by atomic mass is 14.1. The van der Waals surface area contributed by atoms with Crippen LogP contribution in [0.5, 0.6) is 0 Å². The van der Waals surface area contributed by atoms with Gasteiger partial charge in [0.2, 0.25) is 0 Å². The summed E-state index contributed by atoms with van der Waals surface area (Å²) in [4.78, 5) is 0. The van der Waals surface area contributed by atoms with Gasteiger partial charge in [-0.2, -0.15) is 0 Å². The van der Waals surface area contributed by atoms with E-state index < -0.39 is 0 Å². The summed E-state index contributed by atoms with van der Waals surface area (Å²) in [6.45, 7) is 10.0. The third-order valence-corrected chi connectivity index (χ3v) is 5.47. The summed E-state index contributed by atoms with van der Waals surface area (Å²) in [7, 11) is 0. The van der Waals surface area contributed by atoms with Crippen LogP contribution in [0, 0.1) is 5.92 Å². The van der Waals surface area contributed by atoms with Gasteiger partial charge < -0.3 is 0 Å². The van der Waals surface area contributed by atoms with Crippen LogP contribution in [0.4, 0.5) is 0 Å². The summed E-state index contributed by atoms with van der Waals surface area (Å²) in [5, 5.41) is 0. The van der Waals surface area contributed by atoms with Crippen molar-refractivity contribution >= 4 is 0 Å². The molecule has 0 rings (SSSR count). The molecule has 0 N–H and O–H groups in total. The minimum atomic E-state index is 0.793. The summed E-state index contributed by atoms with van der Waals surface area (Å²) < 4.78 is 0. The quantitative estimate of drug-likeness (QED) is 0.143. The molecule has 0 aromatic heterocycles. The fourth-order valence-corrected chi connectivity index (χ4v) is 3.78. The molecular weight excluding hydrogens is 300 g/mol. The Bertz CT molecular complexity index is 255. The van der Waals surface area contributed by atoms with Crippen molar-refractivity contribution in [1.82, 2.24) is 0 Å². The average Bonchev–Trinajstić information content (AvgIpc) is 2.61. The molecule has 0 unspecified atom stereocenters. The second-order valence-electron chi connectivity index (χ2n) is 8.01.